The van der Waals surface area contributed by atoms with Crippen LogP contribution in [0.4, 0.5) is 10.5 Å². The topological polar surface area (TPSA) is 117 Å². The van der Waals surface area contributed by atoms with Gasteiger partial charge < -0.3 is 15.4 Å². The molecule has 0 heterocycles. The van der Waals surface area contributed by atoms with E-state index in [0.29, 0.717) is 18.8 Å². The molecule has 3 amide bonds. The number of anilines is 1. The maximum atomic E-state index is 12.4. The lowest BCUT2D eigenvalue weighted by Gasteiger charge is -2.17. The molecule has 0 radical (unpaired) electrons. The van der Waals surface area contributed by atoms with Crippen molar-refractivity contribution in [1.29, 1.82) is 0 Å². The van der Waals surface area contributed by atoms with Crippen molar-refractivity contribution >= 4 is 27.6 Å². The Kier molecular flexibility index (Phi) is 7.65. The first-order chi connectivity index (χ1) is 11.7. The van der Waals surface area contributed by atoms with E-state index in [1.54, 1.807) is 19.9 Å². The fourth-order valence-corrected chi connectivity index (χ4v) is 2.90. The number of imide groups is 1. The number of amides is 3. The third kappa shape index (κ3) is 5.91. The summed E-state index contributed by atoms with van der Waals surface area (Å²) in [5, 5.41) is 7.36. The Morgan fingerprint density at radius 3 is 2.44 bits per heavy atom. The van der Waals surface area contributed by atoms with Crippen LogP contribution in [0.2, 0.25) is 0 Å². The van der Waals surface area contributed by atoms with Crippen LogP contribution < -0.4 is 20.7 Å². The standard InChI is InChI=1S/C15H24N4O5S/c1-5-16-15(21)18-14(20)10-17-11-7-8-12(24-6-2)13(9-11)25(22,23)19(3)4/h7-9,17H,5-6,10H2,1-4H3,(H2,16,18,20,21). The number of sulfonamides is 1. The summed E-state index contributed by atoms with van der Waals surface area (Å²) in [6.45, 7) is 4.01. The molecule has 0 aliphatic carbocycles. The van der Waals surface area contributed by atoms with E-state index in [-0.39, 0.29) is 17.2 Å². The quantitative estimate of drug-likeness (QED) is 0.615. The van der Waals surface area contributed by atoms with Crippen LogP contribution in [0.15, 0.2) is 23.1 Å². The number of nitrogens with one attached hydrogen (secondary N) is 3. The number of nitrogens with zero attached hydrogens (tertiary/aromatic N) is 1. The fraction of sp³-hybridized carbons (Fsp3) is 0.467. The maximum absolute atomic E-state index is 12.4. The molecule has 0 bridgehead atoms. The van der Waals surface area contributed by atoms with Crippen LogP contribution in [0.5, 0.6) is 5.75 Å². The van der Waals surface area contributed by atoms with Gasteiger partial charge in [-0.1, -0.05) is 0 Å². The zero-order valence-corrected chi connectivity index (χ0v) is 15.6. The molecule has 1 aromatic rings. The molecule has 0 saturated heterocycles. The van der Waals surface area contributed by atoms with Gasteiger partial charge in [0.1, 0.15) is 10.6 Å². The average molecular weight is 372 g/mol. The molecule has 0 saturated carbocycles. The van der Waals surface area contributed by atoms with Crippen LogP contribution in [-0.4, -0.2) is 58.5 Å². The second-order valence-corrected chi connectivity index (χ2v) is 7.26. The first kappa shape index (κ1) is 20.7. The van der Waals surface area contributed by atoms with Gasteiger partial charge in [0.2, 0.25) is 15.9 Å². The Balaban J connectivity index is 2.92. The number of benzene rings is 1. The largest absolute Gasteiger partial charge is 0.492 e. The normalized spacial score (nSPS) is 11.1. The Labute approximate surface area is 147 Å². The lowest BCUT2D eigenvalue weighted by molar-refractivity contribution is -0.118. The van der Waals surface area contributed by atoms with Crippen LogP contribution in [0, 0.1) is 0 Å². The van der Waals surface area contributed by atoms with Crippen LogP contribution in [0.1, 0.15) is 13.8 Å². The highest BCUT2D eigenvalue weighted by atomic mass is 32.2. The van der Waals surface area contributed by atoms with Crippen molar-refractivity contribution in [1.82, 2.24) is 14.9 Å². The number of carbonyl (C=O) groups excluding carboxylic acids is 2. The van der Waals surface area contributed by atoms with Gasteiger partial charge >= 0.3 is 6.03 Å². The molecule has 0 spiro atoms. The number of rotatable bonds is 8. The molecular formula is C15H24N4O5S. The smallest absolute Gasteiger partial charge is 0.321 e. The Morgan fingerprint density at radius 1 is 1.20 bits per heavy atom. The molecule has 1 rings (SSSR count). The van der Waals surface area contributed by atoms with Crippen molar-refractivity contribution in [3.63, 3.8) is 0 Å². The highest BCUT2D eigenvalue weighted by Crippen LogP contribution is 2.29. The summed E-state index contributed by atoms with van der Waals surface area (Å²) in [7, 11) is -0.870. The molecule has 3 N–H and O–H groups in total. The van der Waals surface area contributed by atoms with Crippen molar-refractivity contribution in [3.05, 3.63) is 18.2 Å². The summed E-state index contributed by atoms with van der Waals surface area (Å²) < 4.78 is 31.3. The Morgan fingerprint density at radius 2 is 1.88 bits per heavy atom. The summed E-state index contributed by atoms with van der Waals surface area (Å²) >= 11 is 0. The molecule has 0 aliphatic heterocycles. The molecule has 140 valence electrons. The number of ether oxygens (including phenoxy) is 1. The second kappa shape index (κ2) is 9.23. The third-order valence-electron chi connectivity index (χ3n) is 3.05. The van der Waals surface area contributed by atoms with Gasteiger partial charge in [0.15, 0.2) is 0 Å². The van der Waals surface area contributed by atoms with Gasteiger partial charge in [-0.05, 0) is 32.0 Å². The van der Waals surface area contributed by atoms with Gasteiger partial charge in [-0.25, -0.2) is 17.5 Å². The van der Waals surface area contributed by atoms with E-state index in [2.05, 4.69) is 16.0 Å². The van der Waals surface area contributed by atoms with E-state index < -0.39 is 22.0 Å². The lowest BCUT2D eigenvalue weighted by Crippen LogP contribution is -2.41. The molecule has 0 fully saturated rings. The van der Waals surface area contributed by atoms with Crippen molar-refractivity contribution in [3.8, 4) is 5.75 Å². The number of carbonyl (C=O) groups is 2. The van der Waals surface area contributed by atoms with Gasteiger partial charge in [-0.15, -0.1) is 0 Å². The molecule has 9 nitrogen and oxygen atoms in total. The fourth-order valence-electron chi connectivity index (χ4n) is 1.85. The first-order valence-corrected chi connectivity index (χ1v) is 9.17. The SMILES string of the molecule is CCNC(=O)NC(=O)CNc1ccc(OCC)c(S(=O)(=O)N(C)C)c1. The summed E-state index contributed by atoms with van der Waals surface area (Å²) in [6.07, 6.45) is 0. The van der Waals surface area contributed by atoms with Gasteiger partial charge in [-0.3, -0.25) is 10.1 Å². The highest BCUT2D eigenvalue weighted by molar-refractivity contribution is 7.89. The molecule has 0 atom stereocenters. The minimum Gasteiger partial charge on any atom is -0.492 e. The van der Waals surface area contributed by atoms with E-state index in [9.17, 15) is 18.0 Å². The zero-order valence-electron chi connectivity index (χ0n) is 14.8. The summed E-state index contributed by atoms with van der Waals surface area (Å²) in [4.78, 5) is 22.9. The summed E-state index contributed by atoms with van der Waals surface area (Å²) in [6, 6.07) is 3.92. The zero-order chi connectivity index (χ0) is 19.0. The van der Waals surface area contributed by atoms with Gasteiger partial charge in [0.05, 0.1) is 13.2 Å². The molecule has 0 aliphatic rings. The Bertz CT molecular complexity index is 719. The van der Waals surface area contributed by atoms with E-state index in [1.807, 2.05) is 0 Å². The van der Waals surface area contributed by atoms with Crippen molar-refractivity contribution < 1.29 is 22.7 Å². The number of urea groups is 1. The maximum Gasteiger partial charge on any atom is 0.321 e. The highest BCUT2D eigenvalue weighted by Gasteiger charge is 2.23. The third-order valence-corrected chi connectivity index (χ3v) is 4.88. The molecule has 0 unspecified atom stereocenters. The minimum absolute atomic E-state index is 0.00603. The summed E-state index contributed by atoms with van der Waals surface area (Å²) in [5.41, 5.74) is 0.412. The predicted octanol–water partition coefficient (Wildman–Crippen LogP) is 0.593. The van der Waals surface area contributed by atoms with Crippen LogP contribution >= 0.6 is 0 Å². The van der Waals surface area contributed by atoms with Gasteiger partial charge in [0, 0.05) is 26.3 Å². The Hall–Kier alpha value is -2.33. The number of hydrogen-bond acceptors (Lipinski definition) is 6. The average Bonchev–Trinajstić information content (AvgIpc) is 2.54. The van der Waals surface area contributed by atoms with Crippen LogP contribution in [0.3, 0.4) is 0 Å². The van der Waals surface area contributed by atoms with E-state index in [4.69, 9.17) is 4.74 Å². The van der Waals surface area contributed by atoms with E-state index in [1.165, 1.54) is 26.2 Å². The molecule has 25 heavy (non-hydrogen) atoms. The molecule has 0 aromatic heterocycles. The van der Waals surface area contributed by atoms with Crippen molar-refractivity contribution in [2.24, 2.45) is 0 Å². The first-order valence-electron chi connectivity index (χ1n) is 7.73. The predicted molar refractivity (Wildman–Crippen MR) is 94.2 cm³/mol. The lowest BCUT2D eigenvalue weighted by atomic mass is 10.3. The van der Waals surface area contributed by atoms with Gasteiger partial charge in [-0.2, -0.15) is 0 Å². The molecular weight excluding hydrogens is 348 g/mol. The van der Waals surface area contributed by atoms with Crippen LogP contribution in [0.25, 0.3) is 0 Å². The monoisotopic (exact) mass is 372 g/mol. The van der Waals surface area contributed by atoms with E-state index in [0.717, 1.165) is 4.31 Å². The summed E-state index contributed by atoms with van der Waals surface area (Å²) in [5.74, 6) is -0.314. The van der Waals surface area contributed by atoms with Crippen molar-refractivity contribution in [2.45, 2.75) is 18.7 Å². The van der Waals surface area contributed by atoms with E-state index >= 15 is 0 Å². The van der Waals surface area contributed by atoms with Crippen LogP contribution in [-0.2, 0) is 14.8 Å². The van der Waals surface area contributed by atoms with Crippen molar-refractivity contribution in [2.75, 3.05) is 39.1 Å². The number of hydrogen-bond donors (Lipinski definition) is 3. The molecule has 10 heteroatoms. The molecule has 1 aromatic carbocycles. The second-order valence-electron chi connectivity index (χ2n) is 5.14. The van der Waals surface area contributed by atoms with Gasteiger partial charge in [0.25, 0.3) is 0 Å². The minimum atomic E-state index is -3.71.